The van der Waals surface area contributed by atoms with Crippen LogP contribution in [0.1, 0.15) is 34.1 Å². The van der Waals surface area contributed by atoms with Gasteiger partial charge >= 0.3 is 0 Å². The normalized spacial score (nSPS) is 11.4. The van der Waals surface area contributed by atoms with Crippen LogP contribution in [0.3, 0.4) is 0 Å². The van der Waals surface area contributed by atoms with Crippen molar-refractivity contribution in [3.8, 4) is 6.07 Å². The molecule has 0 radical (unpaired) electrons. The van der Waals surface area contributed by atoms with E-state index in [1.54, 1.807) is 10.6 Å². The molecule has 1 N–H and O–H groups in total. The highest BCUT2D eigenvalue weighted by atomic mass is 32.2. The minimum atomic E-state index is -0.176. The van der Waals surface area contributed by atoms with Crippen LogP contribution >= 0.6 is 11.8 Å². The molecule has 0 aliphatic heterocycles. The number of carbonyl (C=O) groups excluding carboxylic acids is 1. The van der Waals surface area contributed by atoms with Crippen LogP contribution < -0.4 is 10.9 Å². The van der Waals surface area contributed by atoms with E-state index in [0.29, 0.717) is 41.2 Å². The number of aromatic nitrogens is 2. The van der Waals surface area contributed by atoms with E-state index in [1.807, 2.05) is 24.3 Å². The van der Waals surface area contributed by atoms with Gasteiger partial charge in [-0.05, 0) is 39.8 Å². The van der Waals surface area contributed by atoms with Crippen molar-refractivity contribution in [2.45, 2.75) is 57.9 Å². The molecule has 0 aliphatic carbocycles. The van der Waals surface area contributed by atoms with Crippen molar-refractivity contribution in [2.75, 3.05) is 18.8 Å². The highest BCUT2D eigenvalue weighted by Crippen LogP contribution is 2.18. The van der Waals surface area contributed by atoms with E-state index >= 15 is 0 Å². The van der Waals surface area contributed by atoms with E-state index in [9.17, 15) is 9.59 Å². The molecule has 1 amide bonds. The smallest absolute Gasteiger partial charge is 0.262 e. The van der Waals surface area contributed by atoms with Crippen molar-refractivity contribution in [1.29, 1.82) is 5.26 Å². The largest absolute Gasteiger partial charge is 0.354 e. The predicted octanol–water partition coefficient (Wildman–Crippen LogP) is 2.64. The van der Waals surface area contributed by atoms with Crippen molar-refractivity contribution in [3.63, 3.8) is 0 Å². The van der Waals surface area contributed by atoms with E-state index in [4.69, 9.17) is 5.26 Å². The molecule has 0 fully saturated rings. The van der Waals surface area contributed by atoms with Crippen molar-refractivity contribution in [1.82, 2.24) is 19.8 Å². The average molecular weight is 416 g/mol. The summed E-state index contributed by atoms with van der Waals surface area (Å²) in [7, 11) is 0. The lowest BCUT2D eigenvalue weighted by atomic mass is 10.2. The number of para-hydroxylation sites is 1. The van der Waals surface area contributed by atoms with Gasteiger partial charge in [-0.3, -0.25) is 19.1 Å². The molecule has 0 bridgehead atoms. The molecule has 156 valence electrons. The Morgan fingerprint density at radius 1 is 1.28 bits per heavy atom. The zero-order chi connectivity index (χ0) is 21.4. The first-order valence-corrected chi connectivity index (χ1v) is 10.9. The molecule has 8 heteroatoms. The molecule has 0 aliphatic rings. The molecule has 1 aromatic carbocycles. The second-order valence-corrected chi connectivity index (χ2v) is 8.28. The molecule has 7 nitrogen and oxygen atoms in total. The zero-order valence-corrected chi connectivity index (χ0v) is 18.3. The van der Waals surface area contributed by atoms with Gasteiger partial charge in [-0.25, -0.2) is 4.98 Å². The molecular weight excluding hydrogens is 386 g/mol. The Balaban J connectivity index is 2.27. The summed E-state index contributed by atoms with van der Waals surface area (Å²) in [4.78, 5) is 32.1. The van der Waals surface area contributed by atoms with Crippen LogP contribution in [0.4, 0.5) is 0 Å². The lowest BCUT2D eigenvalue weighted by Crippen LogP contribution is -2.40. The summed E-state index contributed by atoms with van der Waals surface area (Å²) in [5.74, 6) is -0.0286. The number of hydrogen-bond donors (Lipinski definition) is 1. The standard InChI is InChI=1S/C21H29N5O2S/c1-15(2)25(16(3)4)12-13-26-20(28)17-8-5-6-9-18(17)24-21(26)29-14-19(27)23-11-7-10-22/h5-6,8-9,15-16H,7,11-14H2,1-4H3,(H,23,27). The van der Waals surface area contributed by atoms with Crippen molar-refractivity contribution >= 4 is 28.6 Å². The fraction of sp³-hybridized carbons (Fsp3) is 0.524. The number of nitriles is 1. The van der Waals surface area contributed by atoms with Gasteiger partial charge in [0.05, 0.1) is 29.1 Å². The number of nitrogens with zero attached hydrogens (tertiary/aromatic N) is 4. The lowest BCUT2D eigenvalue weighted by molar-refractivity contribution is -0.118. The van der Waals surface area contributed by atoms with Gasteiger partial charge in [0, 0.05) is 31.7 Å². The third-order valence-corrected chi connectivity index (χ3v) is 5.60. The van der Waals surface area contributed by atoms with Crippen LogP contribution in [0, 0.1) is 11.3 Å². The van der Waals surface area contributed by atoms with E-state index in [0.717, 1.165) is 6.54 Å². The maximum Gasteiger partial charge on any atom is 0.262 e. The van der Waals surface area contributed by atoms with Gasteiger partial charge < -0.3 is 5.32 Å². The number of benzene rings is 1. The van der Waals surface area contributed by atoms with Crippen molar-refractivity contribution < 1.29 is 4.79 Å². The molecule has 1 heterocycles. The SMILES string of the molecule is CC(C)N(CCn1c(SCC(=O)NCCC#N)nc2ccccc2c1=O)C(C)C. The van der Waals surface area contributed by atoms with Gasteiger partial charge in [-0.1, -0.05) is 23.9 Å². The molecule has 2 rings (SSSR count). The molecule has 29 heavy (non-hydrogen) atoms. The Morgan fingerprint density at radius 3 is 2.62 bits per heavy atom. The number of nitrogens with one attached hydrogen (secondary N) is 1. The average Bonchev–Trinajstić information content (AvgIpc) is 2.68. The summed E-state index contributed by atoms with van der Waals surface area (Å²) in [5, 5.41) is 12.4. The Hall–Kier alpha value is -2.37. The summed E-state index contributed by atoms with van der Waals surface area (Å²) < 4.78 is 1.67. The van der Waals surface area contributed by atoms with Crippen LogP contribution in [0.5, 0.6) is 0 Å². The lowest BCUT2D eigenvalue weighted by Gasteiger charge is -2.30. The predicted molar refractivity (Wildman–Crippen MR) is 117 cm³/mol. The highest BCUT2D eigenvalue weighted by Gasteiger charge is 2.17. The minimum absolute atomic E-state index is 0.0875. The van der Waals surface area contributed by atoms with E-state index in [1.165, 1.54) is 11.8 Å². The van der Waals surface area contributed by atoms with E-state index < -0.39 is 0 Å². The van der Waals surface area contributed by atoms with Gasteiger partial charge in [0.15, 0.2) is 5.16 Å². The third kappa shape index (κ3) is 6.31. The number of thioether (sulfide) groups is 1. The number of fused-ring (bicyclic) bond motifs is 1. The zero-order valence-electron chi connectivity index (χ0n) is 17.5. The van der Waals surface area contributed by atoms with Crippen LogP contribution in [0.15, 0.2) is 34.2 Å². The first-order valence-electron chi connectivity index (χ1n) is 9.87. The molecule has 1 aromatic heterocycles. The Kier molecular flexibility index (Phi) is 8.68. The van der Waals surface area contributed by atoms with Crippen LogP contribution in [-0.2, 0) is 11.3 Å². The summed E-state index contributed by atoms with van der Waals surface area (Å²) >= 11 is 1.25. The molecule has 0 saturated heterocycles. The molecule has 0 unspecified atom stereocenters. The first-order chi connectivity index (χ1) is 13.8. The highest BCUT2D eigenvalue weighted by molar-refractivity contribution is 7.99. The number of carbonyl (C=O) groups is 1. The van der Waals surface area contributed by atoms with Gasteiger partial charge in [0.25, 0.3) is 5.56 Å². The summed E-state index contributed by atoms with van der Waals surface area (Å²) in [5.41, 5.74) is 0.543. The molecule has 0 spiro atoms. The van der Waals surface area contributed by atoms with Crippen LogP contribution in [0.25, 0.3) is 10.9 Å². The Labute approximate surface area is 176 Å². The maximum absolute atomic E-state index is 13.1. The molecule has 0 saturated carbocycles. The maximum atomic E-state index is 13.1. The van der Waals surface area contributed by atoms with Crippen LogP contribution in [0.2, 0.25) is 0 Å². The number of amides is 1. The van der Waals surface area contributed by atoms with E-state index in [2.05, 4.69) is 42.9 Å². The van der Waals surface area contributed by atoms with Gasteiger partial charge in [0.1, 0.15) is 0 Å². The fourth-order valence-corrected chi connectivity index (χ4v) is 4.08. The van der Waals surface area contributed by atoms with Gasteiger partial charge in [0.2, 0.25) is 5.91 Å². The first kappa shape index (κ1) is 22.9. The summed E-state index contributed by atoms with van der Waals surface area (Å²) in [6.07, 6.45) is 0.273. The monoisotopic (exact) mass is 415 g/mol. The molecule has 2 aromatic rings. The van der Waals surface area contributed by atoms with E-state index in [-0.39, 0.29) is 23.6 Å². The second kappa shape index (κ2) is 11.0. The Morgan fingerprint density at radius 2 is 1.97 bits per heavy atom. The summed E-state index contributed by atoms with van der Waals surface area (Å²) in [6, 6.07) is 10.00. The number of rotatable bonds is 10. The van der Waals surface area contributed by atoms with Crippen molar-refractivity contribution in [3.05, 3.63) is 34.6 Å². The second-order valence-electron chi connectivity index (χ2n) is 7.34. The van der Waals surface area contributed by atoms with Gasteiger partial charge in [-0.2, -0.15) is 5.26 Å². The fourth-order valence-electron chi connectivity index (χ4n) is 3.22. The minimum Gasteiger partial charge on any atom is -0.354 e. The van der Waals surface area contributed by atoms with Gasteiger partial charge in [-0.15, -0.1) is 0 Å². The van der Waals surface area contributed by atoms with Crippen molar-refractivity contribution in [2.24, 2.45) is 0 Å². The summed E-state index contributed by atoms with van der Waals surface area (Å²) in [6.45, 7) is 10.1. The molecule has 0 atom stereocenters. The quantitative estimate of drug-likeness (QED) is 0.364. The number of hydrogen-bond acceptors (Lipinski definition) is 6. The topological polar surface area (TPSA) is 91.0 Å². The van der Waals surface area contributed by atoms with Crippen LogP contribution in [-0.4, -0.2) is 51.3 Å². The third-order valence-electron chi connectivity index (χ3n) is 4.63. The molecular formula is C21H29N5O2S. The Bertz CT molecular complexity index is 925.